The first kappa shape index (κ1) is 27.7. The molecular formula is C32H57O3P. The molecule has 3 saturated carbocycles. The maximum atomic E-state index is 16.1. The van der Waals surface area contributed by atoms with E-state index in [0.29, 0.717) is 11.3 Å². The van der Waals surface area contributed by atoms with Crippen LogP contribution in [0.25, 0.3) is 0 Å². The predicted molar refractivity (Wildman–Crippen MR) is 152 cm³/mol. The van der Waals surface area contributed by atoms with Crippen LogP contribution in [0.4, 0.5) is 0 Å². The molecule has 5 rings (SSSR count). The minimum Gasteiger partial charge on any atom is -0.373 e. The minimum atomic E-state index is -2.47. The molecule has 8 unspecified atom stereocenters. The van der Waals surface area contributed by atoms with Crippen molar-refractivity contribution in [1.82, 2.24) is 0 Å². The van der Waals surface area contributed by atoms with Crippen molar-refractivity contribution in [2.75, 3.05) is 0 Å². The topological polar surface area (TPSA) is 35.5 Å². The molecule has 8 atom stereocenters. The van der Waals surface area contributed by atoms with Gasteiger partial charge in [-0.05, 0) is 38.5 Å². The van der Waals surface area contributed by atoms with Crippen LogP contribution >= 0.6 is 7.14 Å². The second-order valence-corrected chi connectivity index (χ2v) is 16.7. The van der Waals surface area contributed by atoms with Gasteiger partial charge in [-0.3, -0.25) is 0 Å². The van der Waals surface area contributed by atoms with Crippen molar-refractivity contribution in [3.63, 3.8) is 0 Å². The van der Waals surface area contributed by atoms with Gasteiger partial charge < -0.3 is 14.0 Å². The molecule has 36 heavy (non-hydrogen) atoms. The van der Waals surface area contributed by atoms with Gasteiger partial charge in [0.05, 0.1) is 30.1 Å². The van der Waals surface area contributed by atoms with Gasteiger partial charge in [0.25, 0.3) is 0 Å². The van der Waals surface area contributed by atoms with E-state index in [1.807, 2.05) is 0 Å². The Morgan fingerprint density at radius 1 is 0.361 bits per heavy atom. The van der Waals surface area contributed by atoms with Gasteiger partial charge in [-0.25, -0.2) is 0 Å². The largest absolute Gasteiger partial charge is 0.373 e. The molecule has 0 spiro atoms. The summed E-state index contributed by atoms with van der Waals surface area (Å²) >= 11 is 0. The molecule has 0 aromatic carbocycles. The van der Waals surface area contributed by atoms with Crippen LogP contribution in [0.15, 0.2) is 0 Å². The maximum Gasteiger partial charge on any atom is 0.107 e. The Morgan fingerprint density at radius 2 is 0.639 bits per heavy atom. The summed E-state index contributed by atoms with van der Waals surface area (Å²) in [7, 11) is -2.47. The fourth-order valence-corrected chi connectivity index (χ4v) is 14.4. The monoisotopic (exact) mass is 520 g/mol. The highest BCUT2D eigenvalue weighted by Crippen LogP contribution is 2.72. The zero-order valence-corrected chi connectivity index (χ0v) is 24.3. The summed E-state index contributed by atoms with van der Waals surface area (Å²) in [5.74, 6) is 0. The highest BCUT2D eigenvalue weighted by molar-refractivity contribution is 7.66. The first-order valence-corrected chi connectivity index (χ1v) is 18.6. The second kappa shape index (κ2) is 14.0. The van der Waals surface area contributed by atoms with Gasteiger partial charge in [-0.15, -0.1) is 0 Å². The molecule has 5 fully saturated rings. The molecule has 3 aliphatic carbocycles. The highest BCUT2D eigenvalue weighted by atomic mass is 31.2. The molecule has 2 saturated heterocycles. The molecule has 3 nitrogen and oxygen atoms in total. The average molecular weight is 521 g/mol. The number of ether oxygens (including phenoxy) is 2. The third-order valence-corrected chi connectivity index (χ3v) is 15.6. The number of fused-ring (bicyclic) bond motifs is 4. The van der Waals surface area contributed by atoms with Crippen LogP contribution in [0.1, 0.15) is 161 Å². The summed E-state index contributed by atoms with van der Waals surface area (Å²) in [6.45, 7) is 0. The molecule has 0 N–H and O–H groups in total. The number of rotatable bonds is 0. The lowest BCUT2D eigenvalue weighted by Crippen LogP contribution is -2.59. The molecule has 2 aliphatic heterocycles. The quantitative estimate of drug-likeness (QED) is 0.298. The van der Waals surface area contributed by atoms with Gasteiger partial charge in [0.15, 0.2) is 0 Å². The van der Waals surface area contributed by atoms with Crippen molar-refractivity contribution >= 4 is 7.14 Å². The molecule has 0 bridgehead atoms. The third kappa shape index (κ3) is 6.47. The Labute approximate surface area is 223 Å². The van der Waals surface area contributed by atoms with Crippen LogP contribution in [-0.2, 0) is 14.0 Å². The van der Waals surface area contributed by atoms with Crippen LogP contribution in [0.5, 0.6) is 0 Å². The van der Waals surface area contributed by atoms with Gasteiger partial charge in [-0.2, -0.15) is 0 Å². The zero-order chi connectivity index (χ0) is 24.6. The van der Waals surface area contributed by atoms with Gasteiger partial charge in [0.1, 0.15) is 7.14 Å². The Kier molecular flexibility index (Phi) is 10.8. The van der Waals surface area contributed by atoms with Crippen LogP contribution in [0.2, 0.25) is 0 Å². The van der Waals surface area contributed by atoms with Crippen LogP contribution in [0.3, 0.4) is 0 Å². The molecule has 0 aromatic rings. The number of hydrogen-bond donors (Lipinski definition) is 0. The van der Waals surface area contributed by atoms with Crippen molar-refractivity contribution in [3.05, 3.63) is 0 Å². The van der Waals surface area contributed by atoms with E-state index < -0.39 is 7.14 Å². The summed E-state index contributed by atoms with van der Waals surface area (Å²) in [6, 6.07) is 0. The SMILES string of the molecule is O=P12C3CCCCCCCCC3OC3CCCCCCCCCCC(OC4CCCCCCCC41)C32. The van der Waals surface area contributed by atoms with Crippen molar-refractivity contribution in [3.8, 4) is 0 Å². The zero-order valence-electron chi connectivity index (χ0n) is 23.4. The van der Waals surface area contributed by atoms with E-state index in [-0.39, 0.29) is 30.1 Å². The average Bonchev–Trinajstić information content (AvgIpc) is 3.01. The van der Waals surface area contributed by atoms with E-state index in [9.17, 15) is 0 Å². The lowest BCUT2D eigenvalue weighted by atomic mass is 9.95. The van der Waals surface area contributed by atoms with Crippen molar-refractivity contribution in [1.29, 1.82) is 0 Å². The summed E-state index contributed by atoms with van der Waals surface area (Å²) in [6.07, 6.45) is 32.9. The van der Waals surface area contributed by atoms with Gasteiger partial charge in [0, 0.05) is 11.3 Å². The molecular weight excluding hydrogens is 463 g/mol. The van der Waals surface area contributed by atoms with Gasteiger partial charge in [-0.1, -0.05) is 122 Å². The highest BCUT2D eigenvalue weighted by Gasteiger charge is 2.62. The molecule has 208 valence electrons. The van der Waals surface area contributed by atoms with Crippen molar-refractivity contribution in [2.45, 2.75) is 202 Å². The van der Waals surface area contributed by atoms with Crippen LogP contribution in [-0.4, -0.2) is 41.4 Å². The number of hydrogen-bond acceptors (Lipinski definition) is 3. The summed E-state index contributed by atoms with van der Waals surface area (Å²) < 4.78 is 30.4. The molecule has 2 heterocycles. The van der Waals surface area contributed by atoms with E-state index in [1.54, 1.807) is 0 Å². The molecule has 5 aliphatic rings. The Hall–Kier alpha value is 0.150. The van der Waals surface area contributed by atoms with Gasteiger partial charge >= 0.3 is 0 Å². The fourth-order valence-electron chi connectivity index (χ4n) is 8.92. The van der Waals surface area contributed by atoms with Gasteiger partial charge in [0.2, 0.25) is 0 Å². The van der Waals surface area contributed by atoms with Crippen molar-refractivity contribution < 1.29 is 14.0 Å². The lowest BCUT2D eigenvalue weighted by molar-refractivity contribution is -0.103. The molecule has 4 heteroatoms. The molecule has 0 aromatic heterocycles. The minimum absolute atomic E-state index is 0.180. The summed E-state index contributed by atoms with van der Waals surface area (Å²) in [4.78, 5) is 0. The van der Waals surface area contributed by atoms with Crippen LogP contribution in [0, 0.1) is 0 Å². The first-order chi connectivity index (χ1) is 17.8. The fraction of sp³-hybridized carbons (Fsp3) is 1.00. The maximum absolute atomic E-state index is 16.1. The second-order valence-electron chi connectivity index (χ2n) is 13.3. The molecule has 0 radical (unpaired) electrons. The summed E-state index contributed by atoms with van der Waals surface area (Å²) in [5.41, 5.74) is 0.811. The van der Waals surface area contributed by atoms with E-state index >= 15 is 4.57 Å². The summed E-state index contributed by atoms with van der Waals surface area (Å²) in [5, 5.41) is 0. The van der Waals surface area contributed by atoms with E-state index in [4.69, 9.17) is 9.47 Å². The normalized spacial score (nSPS) is 44.4. The lowest BCUT2D eigenvalue weighted by Gasteiger charge is -2.57. The Balaban J connectivity index is 1.51. The Morgan fingerprint density at radius 3 is 1.00 bits per heavy atom. The van der Waals surface area contributed by atoms with E-state index in [0.717, 1.165) is 38.5 Å². The van der Waals surface area contributed by atoms with E-state index in [1.165, 1.54) is 122 Å². The third-order valence-electron chi connectivity index (χ3n) is 10.8. The smallest absolute Gasteiger partial charge is 0.107 e. The predicted octanol–water partition coefficient (Wildman–Crippen LogP) is 9.78. The molecule has 0 amide bonds. The Bertz CT molecular complexity index is 695. The van der Waals surface area contributed by atoms with E-state index in [2.05, 4.69) is 0 Å². The first-order valence-electron chi connectivity index (χ1n) is 16.7. The standard InChI is InChI=1S/C32H57O3P/c33-36-30-24-18-12-6-5-8-14-20-26(30)34-28-22-16-9-3-1-2-4-10-17-23-29(32(28)36)35-27-21-15-11-7-13-19-25-31(27)36/h26-32H,1-25H2. The van der Waals surface area contributed by atoms with Crippen LogP contribution < -0.4 is 0 Å². The van der Waals surface area contributed by atoms with Crippen molar-refractivity contribution in [2.24, 2.45) is 0 Å².